The van der Waals surface area contributed by atoms with Gasteiger partial charge in [-0.2, -0.15) is 0 Å². The molecule has 0 atom stereocenters. The van der Waals surface area contributed by atoms with Crippen molar-refractivity contribution in [3.8, 4) is 0 Å². The summed E-state index contributed by atoms with van der Waals surface area (Å²) in [4.78, 5) is 0. The zero-order valence-electron chi connectivity index (χ0n) is 3.98. The van der Waals surface area contributed by atoms with Crippen LogP contribution in [0, 0.1) is 0 Å². The summed E-state index contributed by atoms with van der Waals surface area (Å²) in [5, 5.41) is 0. The highest BCUT2D eigenvalue weighted by molar-refractivity contribution is 5.85. The molecular weight excluding hydrogens is 108 g/mol. The van der Waals surface area contributed by atoms with Crippen LogP contribution < -0.4 is 0 Å². The molecule has 0 aliphatic heterocycles. The summed E-state index contributed by atoms with van der Waals surface area (Å²) < 4.78 is 0. The van der Waals surface area contributed by atoms with Crippen LogP contribution in [-0.2, 0) is 0 Å². The first kappa shape index (κ1) is 9.59. The highest BCUT2D eigenvalue weighted by Gasteiger charge is 1.39. The Kier molecular flexibility index (Phi) is 12.3. The third-order valence-corrected chi connectivity index (χ3v) is 0.303. The minimum absolute atomic E-state index is 0. The van der Waals surface area contributed by atoms with Gasteiger partial charge >= 0.3 is 0 Å². The molecule has 7 heavy (non-hydrogen) atoms. The first-order chi connectivity index (χ1) is 2.91. The van der Waals surface area contributed by atoms with Crippen LogP contribution in [0.1, 0.15) is 0 Å². The lowest BCUT2D eigenvalue weighted by Crippen LogP contribution is -1.28. The molecule has 0 radical (unpaired) electrons. The maximum absolute atomic E-state index is 3.41. The molecule has 0 spiro atoms. The Labute approximate surface area is 50.0 Å². The minimum Gasteiger partial charge on any atom is -0.147 e. The molecule has 0 saturated carbocycles. The van der Waals surface area contributed by atoms with E-state index in [9.17, 15) is 0 Å². The van der Waals surface area contributed by atoms with Gasteiger partial charge in [0.25, 0.3) is 0 Å². The van der Waals surface area contributed by atoms with Crippen molar-refractivity contribution >= 4 is 12.4 Å². The van der Waals surface area contributed by atoms with E-state index in [4.69, 9.17) is 0 Å². The number of allylic oxidation sites excluding steroid dienone is 2. The summed E-state index contributed by atoms with van der Waals surface area (Å²) in [5.41, 5.74) is 5.04. The molecule has 0 saturated heterocycles. The monoisotopic (exact) mass is 114 g/mol. The standard InChI is InChI=1S/C6H6.ClH/c1-3-5-6-4-2;/h3,5H,1-2H2;1H. The highest BCUT2D eigenvalue weighted by atomic mass is 35.5. The molecule has 1 heteroatoms. The quantitative estimate of drug-likeness (QED) is 0.362. The summed E-state index contributed by atoms with van der Waals surface area (Å²) in [6.07, 6.45) is 3.27. The molecule has 0 bridgehead atoms. The Morgan fingerprint density at radius 2 is 2.00 bits per heavy atom. The van der Waals surface area contributed by atoms with E-state index in [0.717, 1.165) is 0 Å². The van der Waals surface area contributed by atoms with Crippen molar-refractivity contribution in [1.82, 2.24) is 0 Å². The topological polar surface area (TPSA) is 0 Å². The second-order valence-corrected chi connectivity index (χ2v) is 0.723. The Bertz CT molecular complexity index is 112. The van der Waals surface area contributed by atoms with E-state index >= 15 is 0 Å². The van der Waals surface area contributed by atoms with Gasteiger partial charge in [0.15, 0.2) is 0 Å². The third kappa shape index (κ3) is 10.9. The Balaban J connectivity index is 0. The average Bonchev–Trinajstić information content (AvgIpc) is 1.61. The van der Waals surface area contributed by atoms with E-state index in [0.29, 0.717) is 0 Å². The van der Waals surface area contributed by atoms with Crippen LogP contribution in [0.25, 0.3) is 0 Å². The molecule has 0 aromatic rings. The molecule has 0 aromatic heterocycles. The molecule has 0 unspecified atom stereocenters. The molecule has 0 amide bonds. The van der Waals surface area contributed by atoms with Crippen molar-refractivity contribution in [2.45, 2.75) is 0 Å². The fraction of sp³-hybridized carbons (Fsp3) is 0. The number of rotatable bonds is 1. The van der Waals surface area contributed by atoms with Crippen LogP contribution in [0.2, 0.25) is 0 Å². The second kappa shape index (κ2) is 9.01. The highest BCUT2D eigenvalue weighted by Crippen LogP contribution is 1.59. The maximum Gasteiger partial charge on any atom is -0.0121 e. The molecule has 0 heterocycles. The lowest BCUT2D eigenvalue weighted by molar-refractivity contribution is 2.08. The molecule has 0 N–H and O–H groups in total. The van der Waals surface area contributed by atoms with E-state index in [-0.39, 0.29) is 12.4 Å². The van der Waals surface area contributed by atoms with Gasteiger partial charge in [0.05, 0.1) is 0 Å². The van der Waals surface area contributed by atoms with Gasteiger partial charge in [-0.15, -0.1) is 12.4 Å². The van der Waals surface area contributed by atoms with Gasteiger partial charge in [0.1, 0.15) is 0 Å². The molecule has 0 fully saturated rings. The Morgan fingerprint density at radius 3 is 2.14 bits per heavy atom. The van der Waals surface area contributed by atoms with Crippen LogP contribution in [0.15, 0.2) is 36.8 Å². The number of hydrogen-bond donors (Lipinski definition) is 0. The summed E-state index contributed by atoms with van der Waals surface area (Å²) in [5.74, 6) is 0. The van der Waals surface area contributed by atoms with Crippen molar-refractivity contribution in [2.75, 3.05) is 0 Å². The lowest BCUT2D eigenvalue weighted by atomic mass is 10.6. The average molecular weight is 115 g/mol. The molecule has 0 aliphatic rings. The summed E-state index contributed by atoms with van der Waals surface area (Å²) in [6.45, 7) is 6.70. The molecule has 38 valence electrons. The van der Waals surface area contributed by atoms with Crippen molar-refractivity contribution in [3.05, 3.63) is 36.8 Å². The normalized spacial score (nSPS) is 4.00. The Morgan fingerprint density at radius 1 is 1.43 bits per heavy atom. The van der Waals surface area contributed by atoms with Gasteiger partial charge in [0, 0.05) is 0 Å². The summed E-state index contributed by atoms with van der Waals surface area (Å²) >= 11 is 0. The number of halogens is 1. The largest absolute Gasteiger partial charge is 0.147 e. The van der Waals surface area contributed by atoms with Gasteiger partial charge in [-0.3, -0.25) is 0 Å². The SMILES string of the molecule is C=C=C=CC=C.Cl. The smallest absolute Gasteiger partial charge is 0.0121 e. The Hall–Kier alpha value is -0.670. The van der Waals surface area contributed by atoms with Gasteiger partial charge in [0.2, 0.25) is 0 Å². The predicted octanol–water partition coefficient (Wildman–Crippen LogP) is 2.09. The second-order valence-electron chi connectivity index (χ2n) is 0.723. The van der Waals surface area contributed by atoms with Gasteiger partial charge in [-0.25, -0.2) is 0 Å². The zero-order chi connectivity index (χ0) is 4.83. The minimum atomic E-state index is 0. The maximum atomic E-state index is 3.41. The van der Waals surface area contributed by atoms with Gasteiger partial charge in [-0.1, -0.05) is 24.1 Å². The van der Waals surface area contributed by atoms with Crippen molar-refractivity contribution in [1.29, 1.82) is 0 Å². The first-order valence-corrected chi connectivity index (χ1v) is 1.63. The van der Waals surface area contributed by atoms with Gasteiger partial charge < -0.3 is 0 Å². The summed E-state index contributed by atoms with van der Waals surface area (Å²) in [7, 11) is 0. The van der Waals surface area contributed by atoms with Gasteiger partial charge in [-0.05, 0) is 12.7 Å². The fourth-order valence-corrected chi connectivity index (χ4v) is 0.118. The molecule has 0 rings (SSSR count). The van der Waals surface area contributed by atoms with E-state index in [2.05, 4.69) is 24.6 Å². The van der Waals surface area contributed by atoms with Crippen LogP contribution in [0.5, 0.6) is 0 Å². The van der Waals surface area contributed by atoms with Crippen LogP contribution in [0.3, 0.4) is 0 Å². The van der Waals surface area contributed by atoms with E-state index in [1.807, 2.05) is 0 Å². The van der Waals surface area contributed by atoms with E-state index in [1.54, 1.807) is 12.2 Å². The molecule has 0 aromatic carbocycles. The fourth-order valence-electron chi connectivity index (χ4n) is 0.118. The van der Waals surface area contributed by atoms with Crippen molar-refractivity contribution in [3.63, 3.8) is 0 Å². The predicted molar refractivity (Wildman–Crippen MR) is 34.7 cm³/mol. The third-order valence-electron chi connectivity index (χ3n) is 0.303. The van der Waals surface area contributed by atoms with Crippen LogP contribution >= 0.6 is 12.4 Å². The van der Waals surface area contributed by atoms with E-state index < -0.39 is 0 Å². The van der Waals surface area contributed by atoms with Crippen molar-refractivity contribution < 1.29 is 0 Å². The molecule has 0 nitrogen and oxygen atoms in total. The lowest BCUT2D eigenvalue weighted by Gasteiger charge is -1.48. The zero-order valence-corrected chi connectivity index (χ0v) is 4.79. The van der Waals surface area contributed by atoms with Crippen molar-refractivity contribution in [2.24, 2.45) is 0 Å². The van der Waals surface area contributed by atoms with E-state index in [1.165, 1.54) is 0 Å². The number of hydrogen-bond acceptors (Lipinski definition) is 0. The summed E-state index contributed by atoms with van der Waals surface area (Å²) in [6, 6.07) is 0. The van der Waals surface area contributed by atoms with Crippen LogP contribution in [-0.4, -0.2) is 0 Å². The molecular formula is C6H7Cl. The molecule has 0 aliphatic carbocycles. The first-order valence-electron chi connectivity index (χ1n) is 1.63. The van der Waals surface area contributed by atoms with Crippen LogP contribution in [0.4, 0.5) is 0 Å².